The highest BCUT2D eigenvalue weighted by molar-refractivity contribution is 7.17. The lowest BCUT2D eigenvalue weighted by Crippen LogP contribution is -1.69. The molecule has 0 bridgehead atoms. The van der Waals surface area contributed by atoms with E-state index >= 15 is 0 Å². The number of aromatic hydroxyl groups is 1. The number of fused-ring (bicyclic) bond motifs is 3. The summed E-state index contributed by atoms with van der Waals surface area (Å²) in [6.45, 7) is 0. The second-order valence-corrected chi connectivity index (χ2v) is 3.91. The molecule has 0 aliphatic carbocycles. The summed E-state index contributed by atoms with van der Waals surface area (Å²) in [7, 11) is 0. The number of hydrogen-bond donors (Lipinski definition) is 2. The number of benzene rings is 1. The van der Waals surface area contributed by atoms with Crippen molar-refractivity contribution in [3.05, 3.63) is 29.8 Å². The van der Waals surface area contributed by atoms with E-state index in [9.17, 15) is 5.11 Å². The monoisotopic (exact) mass is 189 g/mol. The Hall–Kier alpha value is -1.48. The topological polar surface area (TPSA) is 36.0 Å². The Morgan fingerprint density at radius 3 is 3.08 bits per heavy atom. The molecule has 0 spiro atoms. The van der Waals surface area contributed by atoms with E-state index in [1.54, 1.807) is 17.4 Å². The fourth-order valence-corrected chi connectivity index (χ4v) is 2.48. The van der Waals surface area contributed by atoms with Gasteiger partial charge in [-0.15, -0.1) is 11.3 Å². The van der Waals surface area contributed by atoms with Gasteiger partial charge in [-0.1, -0.05) is 0 Å². The molecule has 13 heavy (non-hydrogen) atoms. The van der Waals surface area contributed by atoms with Gasteiger partial charge in [0.25, 0.3) is 0 Å². The third kappa shape index (κ3) is 0.820. The molecule has 3 aromatic rings. The van der Waals surface area contributed by atoms with Crippen molar-refractivity contribution >= 4 is 32.3 Å². The Kier molecular flexibility index (Phi) is 1.21. The molecule has 0 amide bonds. The van der Waals surface area contributed by atoms with Crippen LogP contribution in [0.1, 0.15) is 0 Å². The van der Waals surface area contributed by atoms with Crippen LogP contribution < -0.4 is 0 Å². The molecule has 0 aliphatic rings. The van der Waals surface area contributed by atoms with Crippen LogP contribution in [0.2, 0.25) is 0 Å². The second-order valence-electron chi connectivity index (χ2n) is 3.00. The van der Waals surface area contributed by atoms with Crippen molar-refractivity contribution in [2.45, 2.75) is 0 Å². The molecule has 2 nitrogen and oxygen atoms in total. The van der Waals surface area contributed by atoms with Crippen molar-refractivity contribution in [1.29, 1.82) is 0 Å². The first kappa shape index (κ1) is 6.97. The minimum absolute atomic E-state index is 0.361. The molecule has 2 aromatic heterocycles. The fourth-order valence-electron chi connectivity index (χ4n) is 1.66. The van der Waals surface area contributed by atoms with Crippen LogP contribution in [0.5, 0.6) is 5.75 Å². The van der Waals surface area contributed by atoms with E-state index in [-0.39, 0.29) is 0 Å². The maximum Gasteiger partial charge on any atom is 0.135 e. The molecule has 0 fully saturated rings. The molecular weight excluding hydrogens is 182 g/mol. The van der Waals surface area contributed by atoms with Gasteiger partial charge in [0.15, 0.2) is 0 Å². The molecule has 0 unspecified atom stereocenters. The maximum atomic E-state index is 9.67. The third-order valence-electron chi connectivity index (χ3n) is 2.25. The lowest BCUT2D eigenvalue weighted by molar-refractivity contribution is 0.483. The van der Waals surface area contributed by atoms with Crippen LogP contribution in [-0.4, -0.2) is 10.1 Å². The van der Waals surface area contributed by atoms with Gasteiger partial charge in [0, 0.05) is 28.6 Å². The molecule has 0 saturated carbocycles. The largest absolute Gasteiger partial charge is 0.506 e. The lowest BCUT2D eigenvalue weighted by Gasteiger charge is -1.96. The number of aromatic nitrogens is 1. The first-order valence-corrected chi connectivity index (χ1v) is 4.90. The van der Waals surface area contributed by atoms with Crippen LogP contribution in [0.4, 0.5) is 0 Å². The van der Waals surface area contributed by atoms with Crippen molar-refractivity contribution < 1.29 is 5.11 Å². The molecule has 0 radical (unpaired) electrons. The van der Waals surface area contributed by atoms with Crippen molar-refractivity contribution in [2.75, 3.05) is 0 Å². The van der Waals surface area contributed by atoms with Gasteiger partial charge >= 0.3 is 0 Å². The summed E-state index contributed by atoms with van der Waals surface area (Å²) in [5.74, 6) is 0.361. The lowest BCUT2D eigenvalue weighted by atomic mass is 10.2. The summed E-state index contributed by atoms with van der Waals surface area (Å²) in [5.41, 5.74) is 0.989. The summed E-state index contributed by atoms with van der Waals surface area (Å²) in [5, 5.41) is 14.0. The van der Waals surface area contributed by atoms with Gasteiger partial charge in [-0.2, -0.15) is 0 Å². The quantitative estimate of drug-likeness (QED) is 0.560. The molecule has 2 heterocycles. The average Bonchev–Trinajstić information content (AvgIpc) is 2.66. The van der Waals surface area contributed by atoms with Gasteiger partial charge in [-0.3, -0.25) is 0 Å². The standard InChI is InChI=1S/C10H7NOS/c12-9-5-8-6(1-3-11-8)7-2-4-13-10(7)9/h1-5,11-12H. The molecule has 1 aromatic carbocycles. The third-order valence-corrected chi connectivity index (χ3v) is 3.19. The highest BCUT2D eigenvalue weighted by Crippen LogP contribution is 2.35. The van der Waals surface area contributed by atoms with E-state index in [1.807, 2.05) is 23.7 Å². The molecule has 0 aliphatic heterocycles. The van der Waals surface area contributed by atoms with E-state index in [1.165, 1.54) is 5.39 Å². The van der Waals surface area contributed by atoms with Gasteiger partial charge < -0.3 is 10.1 Å². The highest BCUT2D eigenvalue weighted by Gasteiger charge is 2.06. The van der Waals surface area contributed by atoms with Crippen LogP contribution >= 0.6 is 11.3 Å². The normalized spacial score (nSPS) is 11.4. The molecule has 0 saturated heterocycles. The molecule has 3 heteroatoms. The van der Waals surface area contributed by atoms with Crippen LogP contribution in [0.25, 0.3) is 21.0 Å². The minimum atomic E-state index is 0.361. The van der Waals surface area contributed by atoms with E-state index in [4.69, 9.17) is 0 Å². The highest BCUT2D eigenvalue weighted by atomic mass is 32.1. The van der Waals surface area contributed by atoms with Gasteiger partial charge in [-0.05, 0) is 17.5 Å². The number of nitrogens with one attached hydrogen (secondary N) is 1. The fraction of sp³-hybridized carbons (Fsp3) is 0. The molecule has 2 N–H and O–H groups in total. The second kappa shape index (κ2) is 2.26. The number of hydrogen-bond acceptors (Lipinski definition) is 2. The molecule has 0 atom stereocenters. The van der Waals surface area contributed by atoms with Crippen molar-refractivity contribution in [2.24, 2.45) is 0 Å². The number of rotatable bonds is 0. The summed E-state index contributed by atoms with van der Waals surface area (Å²) >= 11 is 1.57. The van der Waals surface area contributed by atoms with Gasteiger partial charge in [0.1, 0.15) is 5.75 Å². The SMILES string of the molecule is Oc1cc2[nH]ccc2c2ccsc12. The zero-order valence-electron chi connectivity index (χ0n) is 6.74. The molecule has 64 valence electrons. The van der Waals surface area contributed by atoms with Crippen LogP contribution in [0, 0.1) is 0 Å². The number of thiophene rings is 1. The number of aromatic amines is 1. The summed E-state index contributed by atoms with van der Waals surface area (Å²) in [6.07, 6.45) is 1.89. The van der Waals surface area contributed by atoms with Crippen LogP contribution in [0.3, 0.4) is 0 Å². The molecular formula is C10H7NOS. The Labute approximate surface area is 78.4 Å². The van der Waals surface area contributed by atoms with E-state index in [0.29, 0.717) is 5.75 Å². The van der Waals surface area contributed by atoms with Crippen molar-refractivity contribution in [3.8, 4) is 5.75 Å². The summed E-state index contributed by atoms with van der Waals surface area (Å²) in [4.78, 5) is 3.09. The average molecular weight is 189 g/mol. The van der Waals surface area contributed by atoms with Gasteiger partial charge in [-0.25, -0.2) is 0 Å². The van der Waals surface area contributed by atoms with Crippen LogP contribution in [0.15, 0.2) is 29.8 Å². The van der Waals surface area contributed by atoms with E-state index < -0.39 is 0 Å². The van der Waals surface area contributed by atoms with E-state index in [0.717, 1.165) is 15.6 Å². The van der Waals surface area contributed by atoms with Crippen molar-refractivity contribution in [3.63, 3.8) is 0 Å². The van der Waals surface area contributed by atoms with E-state index in [2.05, 4.69) is 4.98 Å². The predicted octanol–water partition coefficient (Wildman–Crippen LogP) is 3.09. The number of H-pyrrole nitrogens is 1. The predicted molar refractivity (Wildman–Crippen MR) is 55.3 cm³/mol. The summed E-state index contributed by atoms with van der Waals surface area (Å²) in [6, 6.07) is 5.84. The smallest absolute Gasteiger partial charge is 0.135 e. The molecule has 3 rings (SSSR count). The maximum absolute atomic E-state index is 9.67. The number of phenolic OH excluding ortho intramolecular Hbond substituents is 1. The Bertz CT molecular complexity index is 579. The van der Waals surface area contributed by atoms with Gasteiger partial charge in [0.05, 0.1) is 4.70 Å². The Balaban J connectivity index is 2.70. The summed E-state index contributed by atoms with van der Waals surface area (Å²) < 4.78 is 0.965. The Morgan fingerprint density at radius 1 is 1.23 bits per heavy atom. The van der Waals surface area contributed by atoms with Gasteiger partial charge in [0.2, 0.25) is 0 Å². The zero-order chi connectivity index (χ0) is 8.84. The van der Waals surface area contributed by atoms with Crippen molar-refractivity contribution in [1.82, 2.24) is 4.98 Å². The Morgan fingerprint density at radius 2 is 2.15 bits per heavy atom. The first-order chi connectivity index (χ1) is 6.36. The first-order valence-electron chi connectivity index (χ1n) is 4.02. The number of phenols is 1. The minimum Gasteiger partial charge on any atom is -0.506 e. The van der Waals surface area contributed by atoms with Crippen LogP contribution in [-0.2, 0) is 0 Å². The zero-order valence-corrected chi connectivity index (χ0v) is 7.56.